The van der Waals surface area contributed by atoms with Crippen LogP contribution in [0.1, 0.15) is 31.7 Å². The molecule has 9 heteroatoms. The van der Waals surface area contributed by atoms with Crippen LogP contribution in [0.15, 0.2) is 42.6 Å². The van der Waals surface area contributed by atoms with Gasteiger partial charge in [0.1, 0.15) is 0 Å². The van der Waals surface area contributed by atoms with Crippen LogP contribution in [-0.4, -0.2) is 47.8 Å². The van der Waals surface area contributed by atoms with Crippen LogP contribution in [0.5, 0.6) is 0 Å². The number of hydrogen-bond acceptors (Lipinski definition) is 3. The lowest BCUT2D eigenvalue weighted by atomic mass is 9.97. The Kier molecular flexibility index (Phi) is 6.48. The number of urea groups is 1. The number of aromatic nitrogens is 1. The van der Waals surface area contributed by atoms with Crippen molar-refractivity contribution in [3.05, 3.63) is 54.0 Å². The number of nitrogens with zero attached hydrogens (tertiary/aromatic N) is 3. The van der Waals surface area contributed by atoms with Gasteiger partial charge in [0.25, 0.3) is 0 Å². The molecule has 1 saturated heterocycles. The highest BCUT2D eigenvalue weighted by molar-refractivity contribution is 5.89. The molecular weight excluding hydrogens is 400 g/mol. The zero-order valence-corrected chi connectivity index (χ0v) is 16.8. The van der Waals surface area contributed by atoms with Gasteiger partial charge in [-0.25, -0.2) is 14.2 Å². The summed E-state index contributed by atoms with van der Waals surface area (Å²) in [7, 11) is 0. The standard InChI is InChI=1S/C21H24F4N4O/c1-14(12-21(23,24)25)16-5-7-17(8-6-16)27-20(30)29-11-10-28(13-15(29)2)19-18(22)4-3-9-26-19/h3-9,14-15H,10-13H2,1-2H3,(H,27,30)/t14?,15-/m1/s1. The quantitative estimate of drug-likeness (QED) is 0.702. The molecule has 0 aliphatic carbocycles. The maximum absolute atomic E-state index is 14.0. The molecule has 5 nitrogen and oxygen atoms in total. The molecule has 2 heterocycles. The molecule has 1 N–H and O–H groups in total. The summed E-state index contributed by atoms with van der Waals surface area (Å²) in [5.74, 6) is -0.787. The van der Waals surface area contributed by atoms with Gasteiger partial charge >= 0.3 is 12.2 Å². The van der Waals surface area contributed by atoms with E-state index in [0.29, 0.717) is 30.9 Å². The van der Waals surface area contributed by atoms with Crippen molar-refractivity contribution in [2.24, 2.45) is 0 Å². The van der Waals surface area contributed by atoms with Crippen molar-refractivity contribution >= 4 is 17.5 Å². The van der Waals surface area contributed by atoms with Crippen LogP contribution in [0.25, 0.3) is 0 Å². The Morgan fingerprint density at radius 2 is 1.93 bits per heavy atom. The molecule has 162 valence electrons. The second kappa shape index (κ2) is 8.89. The average molecular weight is 424 g/mol. The highest BCUT2D eigenvalue weighted by Crippen LogP contribution is 2.31. The molecule has 1 fully saturated rings. The number of piperazine rings is 1. The SMILES string of the molecule is CC(CC(F)(F)F)c1ccc(NC(=O)N2CCN(c3ncccc3F)C[C@H]2C)cc1. The van der Waals surface area contributed by atoms with Gasteiger partial charge in [0.2, 0.25) is 0 Å². The summed E-state index contributed by atoms with van der Waals surface area (Å²) >= 11 is 0. The molecule has 1 unspecified atom stereocenters. The Hall–Kier alpha value is -2.84. The minimum Gasteiger partial charge on any atom is -0.350 e. The number of nitrogens with one attached hydrogen (secondary N) is 1. The lowest BCUT2D eigenvalue weighted by molar-refractivity contribution is -0.137. The zero-order chi connectivity index (χ0) is 21.9. The first-order valence-corrected chi connectivity index (χ1v) is 9.74. The fourth-order valence-electron chi connectivity index (χ4n) is 3.62. The minimum absolute atomic E-state index is 0.175. The van der Waals surface area contributed by atoms with Gasteiger partial charge in [0, 0.05) is 37.6 Å². The zero-order valence-electron chi connectivity index (χ0n) is 16.8. The van der Waals surface area contributed by atoms with Crippen molar-refractivity contribution < 1.29 is 22.4 Å². The first kappa shape index (κ1) is 21.9. The molecule has 0 saturated carbocycles. The molecule has 30 heavy (non-hydrogen) atoms. The third-order valence-corrected chi connectivity index (χ3v) is 5.20. The summed E-state index contributed by atoms with van der Waals surface area (Å²) in [6, 6.07) is 8.79. The number of anilines is 2. The van der Waals surface area contributed by atoms with Crippen LogP contribution >= 0.6 is 0 Å². The van der Waals surface area contributed by atoms with Crippen molar-refractivity contribution in [2.75, 3.05) is 29.9 Å². The molecule has 2 amide bonds. The fraction of sp³-hybridized carbons (Fsp3) is 0.429. The highest BCUT2D eigenvalue weighted by Gasteiger charge is 2.31. The third kappa shape index (κ3) is 5.40. The van der Waals surface area contributed by atoms with Crippen LogP contribution in [0.3, 0.4) is 0 Å². The third-order valence-electron chi connectivity index (χ3n) is 5.20. The summed E-state index contributed by atoms with van der Waals surface area (Å²) < 4.78 is 51.6. The number of pyridine rings is 1. The first-order chi connectivity index (χ1) is 14.1. The summed E-state index contributed by atoms with van der Waals surface area (Å²) in [6.45, 7) is 4.67. The second-order valence-corrected chi connectivity index (χ2v) is 7.57. The number of alkyl halides is 3. The van der Waals surface area contributed by atoms with E-state index in [2.05, 4.69) is 10.3 Å². The Labute approximate surface area is 172 Å². The number of rotatable bonds is 4. The summed E-state index contributed by atoms with van der Waals surface area (Å²) in [4.78, 5) is 20.2. The van der Waals surface area contributed by atoms with E-state index in [1.165, 1.54) is 25.3 Å². The van der Waals surface area contributed by atoms with Crippen molar-refractivity contribution in [1.29, 1.82) is 0 Å². The van der Waals surface area contributed by atoms with Gasteiger partial charge in [-0.1, -0.05) is 19.1 Å². The van der Waals surface area contributed by atoms with E-state index in [4.69, 9.17) is 0 Å². The van der Waals surface area contributed by atoms with Crippen LogP contribution in [0, 0.1) is 5.82 Å². The van der Waals surface area contributed by atoms with Crippen LogP contribution in [0.2, 0.25) is 0 Å². The molecule has 0 radical (unpaired) electrons. The van der Waals surface area contributed by atoms with E-state index in [1.807, 2.05) is 6.92 Å². The Morgan fingerprint density at radius 3 is 2.53 bits per heavy atom. The molecule has 1 aromatic heterocycles. The van der Waals surface area contributed by atoms with Crippen LogP contribution < -0.4 is 10.2 Å². The predicted molar refractivity (Wildman–Crippen MR) is 107 cm³/mol. The van der Waals surface area contributed by atoms with E-state index >= 15 is 0 Å². The summed E-state index contributed by atoms with van der Waals surface area (Å²) in [5, 5.41) is 2.78. The first-order valence-electron chi connectivity index (χ1n) is 9.74. The number of carbonyl (C=O) groups excluding carboxylic acids is 1. The molecule has 3 rings (SSSR count). The topological polar surface area (TPSA) is 48.5 Å². The Bertz CT molecular complexity index is 872. The molecule has 2 aromatic rings. The number of halogens is 4. The Morgan fingerprint density at radius 1 is 1.23 bits per heavy atom. The van der Waals surface area contributed by atoms with E-state index in [1.54, 1.807) is 34.1 Å². The Balaban J connectivity index is 1.58. The lowest BCUT2D eigenvalue weighted by Crippen LogP contribution is -2.55. The van der Waals surface area contributed by atoms with Gasteiger partial charge in [-0.05, 0) is 42.7 Å². The van der Waals surface area contributed by atoms with Crippen LogP contribution in [-0.2, 0) is 0 Å². The molecule has 2 atom stereocenters. The van der Waals surface area contributed by atoms with Gasteiger partial charge in [0.05, 0.1) is 6.42 Å². The van der Waals surface area contributed by atoms with Crippen LogP contribution in [0.4, 0.5) is 33.9 Å². The van der Waals surface area contributed by atoms with Crippen molar-refractivity contribution in [1.82, 2.24) is 9.88 Å². The van der Waals surface area contributed by atoms with Crippen molar-refractivity contribution in [2.45, 2.75) is 38.4 Å². The van der Waals surface area contributed by atoms with Gasteiger partial charge in [0.15, 0.2) is 11.6 Å². The van der Waals surface area contributed by atoms with Gasteiger partial charge in [-0.3, -0.25) is 0 Å². The summed E-state index contributed by atoms with van der Waals surface area (Å²) in [6.07, 6.45) is -3.58. The smallest absolute Gasteiger partial charge is 0.350 e. The van der Waals surface area contributed by atoms with E-state index < -0.39 is 24.3 Å². The summed E-state index contributed by atoms with van der Waals surface area (Å²) in [5.41, 5.74) is 1.07. The van der Waals surface area contributed by atoms with E-state index in [-0.39, 0.29) is 17.9 Å². The maximum atomic E-state index is 14.0. The van der Waals surface area contributed by atoms with E-state index in [9.17, 15) is 22.4 Å². The van der Waals surface area contributed by atoms with E-state index in [0.717, 1.165) is 0 Å². The molecular formula is C21H24F4N4O. The predicted octanol–water partition coefficient (Wildman–Crippen LogP) is 5.02. The number of benzene rings is 1. The average Bonchev–Trinajstić information content (AvgIpc) is 2.67. The number of amides is 2. The number of carbonyl (C=O) groups is 1. The van der Waals surface area contributed by atoms with Gasteiger partial charge in [-0.2, -0.15) is 13.2 Å². The highest BCUT2D eigenvalue weighted by atomic mass is 19.4. The fourth-order valence-corrected chi connectivity index (χ4v) is 3.62. The number of hydrogen-bond donors (Lipinski definition) is 1. The molecule has 1 aliphatic heterocycles. The second-order valence-electron chi connectivity index (χ2n) is 7.57. The van der Waals surface area contributed by atoms with Gasteiger partial charge < -0.3 is 15.1 Å². The monoisotopic (exact) mass is 424 g/mol. The molecule has 1 aliphatic rings. The van der Waals surface area contributed by atoms with Crippen molar-refractivity contribution in [3.63, 3.8) is 0 Å². The largest absolute Gasteiger partial charge is 0.389 e. The van der Waals surface area contributed by atoms with Crippen molar-refractivity contribution in [3.8, 4) is 0 Å². The molecule has 0 bridgehead atoms. The normalized spacial score (nSPS) is 18.3. The maximum Gasteiger partial charge on any atom is 0.389 e. The lowest BCUT2D eigenvalue weighted by Gasteiger charge is -2.40. The van der Waals surface area contributed by atoms with Gasteiger partial charge in [-0.15, -0.1) is 0 Å². The molecule has 1 aromatic carbocycles. The minimum atomic E-state index is -4.22. The molecule has 0 spiro atoms.